The van der Waals surface area contributed by atoms with E-state index in [1.807, 2.05) is 16.7 Å². The molecule has 2 aliphatic heterocycles. The van der Waals surface area contributed by atoms with Gasteiger partial charge in [0.15, 0.2) is 0 Å². The fraction of sp³-hybridized carbons (Fsp3) is 0.905. The average molecular weight is 412 g/mol. The Morgan fingerprint density at radius 2 is 1.96 bits per heavy atom. The number of carbonyl (C=O) groups is 2. The van der Waals surface area contributed by atoms with Crippen LogP contribution in [-0.2, 0) is 9.59 Å². The summed E-state index contributed by atoms with van der Waals surface area (Å²) in [6, 6.07) is 0. The largest absolute Gasteiger partial charge is 0.343 e. The number of halogens is 1. The maximum atomic E-state index is 13.7. The van der Waals surface area contributed by atoms with Crippen molar-refractivity contribution in [2.75, 3.05) is 13.1 Å². The van der Waals surface area contributed by atoms with E-state index in [9.17, 15) is 14.0 Å². The van der Waals surface area contributed by atoms with Crippen molar-refractivity contribution in [3.8, 4) is 0 Å². The van der Waals surface area contributed by atoms with Crippen LogP contribution in [0.1, 0.15) is 71.1 Å². The van der Waals surface area contributed by atoms with Crippen LogP contribution in [0.2, 0.25) is 0 Å². The van der Waals surface area contributed by atoms with Gasteiger partial charge in [-0.25, -0.2) is 4.39 Å². The number of carbonyl (C=O) groups excluding carboxylic acids is 2. The van der Waals surface area contributed by atoms with Crippen LogP contribution < -0.4 is 10.6 Å². The summed E-state index contributed by atoms with van der Waals surface area (Å²) in [4.78, 5) is 23.4. The Labute approximate surface area is 171 Å². The van der Waals surface area contributed by atoms with Gasteiger partial charge in [-0.1, -0.05) is 0 Å². The molecule has 5 nitrogen and oxygen atoms in total. The van der Waals surface area contributed by atoms with Crippen LogP contribution in [0.15, 0.2) is 0 Å². The molecule has 0 bridgehead atoms. The quantitative estimate of drug-likeness (QED) is 0.685. The monoisotopic (exact) mass is 411 g/mol. The summed E-state index contributed by atoms with van der Waals surface area (Å²) < 4.78 is 13.9. The van der Waals surface area contributed by atoms with Gasteiger partial charge in [-0.15, -0.1) is 11.8 Å². The third-order valence-corrected chi connectivity index (χ3v) is 9.76. The van der Waals surface area contributed by atoms with Crippen LogP contribution in [0.25, 0.3) is 0 Å². The molecular formula is C21H34FN3O2S. The van der Waals surface area contributed by atoms with Gasteiger partial charge in [-0.3, -0.25) is 14.9 Å². The zero-order valence-corrected chi connectivity index (χ0v) is 17.7. The molecule has 2 saturated heterocycles. The summed E-state index contributed by atoms with van der Waals surface area (Å²) in [5, 5.41) is 6.56. The molecule has 5 aliphatic rings. The summed E-state index contributed by atoms with van der Waals surface area (Å²) in [5.41, 5.74) is 0.282. The predicted molar refractivity (Wildman–Crippen MR) is 109 cm³/mol. The lowest BCUT2D eigenvalue weighted by Gasteiger charge is -2.64. The van der Waals surface area contributed by atoms with Crippen molar-refractivity contribution in [3.63, 3.8) is 0 Å². The van der Waals surface area contributed by atoms with Crippen molar-refractivity contribution in [1.82, 2.24) is 15.5 Å². The molecule has 5 rings (SSSR count). The number of amides is 2. The zero-order chi connectivity index (χ0) is 19.8. The number of nitrogens with one attached hydrogen (secondary N) is 2. The van der Waals surface area contributed by atoms with Crippen molar-refractivity contribution in [1.29, 1.82) is 0 Å². The first-order chi connectivity index (χ1) is 13.5. The van der Waals surface area contributed by atoms with E-state index in [-0.39, 0.29) is 21.7 Å². The fourth-order valence-electron chi connectivity index (χ4n) is 6.48. The number of likely N-dealkylation sites (tertiary alicyclic amines) is 1. The van der Waals surface area contributed by atoms with Gasteiger partial charge in [-0.2, -0.15) is 0 Å². The number of rotatable bonds is 2. The number of alkyl halides is 1. The van der Waals surface area contributed by atoms with Crippen molar-refractivity contribution in [3.05, 3.63) is 0 Å². The maximum Gasteiger partial charge on any atom is 0.219 e. The highest BCUT2D eigenvalue weighted by Gasteiger charge is 2.70. The van der Waals surface area contributed by atoms with Crippen molar-refractivity contribution in [2.45, 2.75) is 93.1 Å². The first kappa shape index (κ1) is 20.5. The Hall–Kier alpha value is -0.820. The Kier molecular flexibility index (Phi) is 5.94. The lowest BCUT2D eigenvalue weighted by molar-refractivity contribution is -0.129. The van der Waals surface area contributed by atoms with E-state index in [2.05, 4.69) is 10.6 Å². The fourth-order valence-corrected chi connectivity index (χ4v) is 8.51. The second-order valence-corrected chi connectivity index (χ2v) is 10.7. The van der Waals surface area contributed by atoms with E-state index in [4.69, 9.17) is 0 Å². The van der Waals surface area contributed by atoms with Crippen LogP contribution in [0.3, 0.4) is 0 Å². The molecule has 3 saturated carbocycles. The van der Waals surface area contributed by atoms with E-state index in [1.165, 1.54) is 32.1 Å². The molecule has 6 atom stereocenters. The normalized spacial score (nSPS) is 44.0. The van der Waals surface area contributed by atoms with Crippen LogP contribution in [0.5, 0.6) is 0 Å². The molecule has 7 heteroatoms. The minimum absolute atomic E-state index is 0.0573. The van der Waals surface area contributed by atoms with Gasteiger partial charge in [0.05, 0.1) is 0 Å². The lowest BCUT2D eigenvalue weighted by Crippen LogP contribution is -2.71. The van der Waals surface area contributed by atoms with Crippen LogP contribution in [0, 0.1) is 11.8 Å². The molecule has 2 amide bonds. The minimum atomic E-state index is -0.575. The first-order valence-corrected chi connectivity index (χ1v) is 11.9. The van der Waals surface area contributed by atoms with E-state index < -0.39 is 6.17 Å². The number of thioether (sulfide) groups is 1. The van der Waals surface area contributed by atoms with Gasteiger partial charge in [-0.05, 0) is 76.0 Å². The number of fused-ring (bicyclic) bond motifs is 1. The van der Waals surface area contributed by atoms with Gasteiger partial charge < -0.3 is 10.2 Å². The molecule has 0 spiro atoms. The Balaban J connectivity index is 0.000000181. The third kappa shape index (κ3) is 3.47. The molecule has 3 aliphatic carbocycles. The second kappa shape index (κ2) is 8.13. The number of hydrogen-bond donors (Lipinski definition) is 2. The molecule has 2 heterocycles. The molecule has 0 aromatic carbocycles. The number of piperidine rings is 1. The van der Waals surface area contributed by atoms with Gasteiger partial charge >= 0.3 is 0 Å². The number of hydrogen-bond acceptors (Lipinski definition) is 4. The maximum absolute atomic E-state index is 13.7. The van der Waals surface area contributed by atoms with E-state index >= 15 is 0 Å². The molecule has 0 radical (unpaired) electrons. The molecular weight excluding hydrogens is 377 g/mol. The summed E-state index contributed by atoms with van der Waals surface area (Å²) in [6.45, 7) is 3.61. The predicted octanol–water partition coefficient (Wildman–Crippen LogP) is 3.19. The standard InChI is InChI=1S/C14H21FN2OS.C7H13NO/c15-10-1-2-11-9(7-10)3-4-13-5-6-14(11,13)19-12(17-13)16-8-18;1-7(9)8-5-3-2-4-6-8/h8-12,17H,1-7H2,(H,16,18);2-6H2,1H3. The van der Waals surface area contributed by atoms with Gasteiger partial charge in [0.2, 0.25) is 12.3 Å². The molecule has 28 heavy (non-hydrogen) atoms. The van der Waals surface area contributed by atoms with Crippen molar-refractivity contribution in [2.24, 2.45) is 11.8 Å². The molecule has 0 aromatic rings. The summed E-state index contributed by atoms with van der Waals surface area (Å²) >= 11 is 1.92. The van der Waals surface area contributed by atoms with Gasteiger partial charge in [0, 0.05) is 30.3 Å². The zero-order valence-electron chi connectivity index (χ0n) is 16.9. The average Bonchev–Trinajstić information content (AvgIpc) is 2.92. The van der Waals surface area contributed by atoms with Crippen LogP contribution >= 0.6 is 11.8 Å². The topological polar surface area (TPSA) is 61.4 Å². The third-order valence-electron chi connectivity index (χ3n) is 7.95. The highest BCUT2D eigenvalue weighted by Crippen LogP contribution is 2.69. The Morgan fingerprint density at radius 1 is 1.18 bits per heavy atom. The minimum Gasteiger partial charge on any atom is -0.343 e. The molecule has 0 aromatic heterocycles. The number of nitrogens with zero attached hydrogens (tertiary/aromatic N) is 1. The Bertz CT molecular complexity index is 602. The summed E-state index contributed by atoms with van der Waals surface area (Å²) in [6.07, 6.45) is 11.2. The van der Waals surface area contributed by atoms with Crippen LogP contribution in [-0.4, -0.2) is 52.3 Å². The van der Waals surface area contributed by atoms with Gasteiger partial charge in [0.25, 0.3) is 0 Å². The second-order valence-electron chi connectivity index (χ2n) is 9.28. The van der Waals surface area contributed by atoms with Gasteiger partial charge in [0.1, 0.15) is 11.7 Å². The first-order valence-electron chi connectivity index (χ1n) is 11.0. The summed E-state index contributed by atoms with van der Waals surface area (Å²) in [5.74, 6) is 1.45. The van der Waals surface area contributed by atoms with E-state index in [0.29, 0.717) is 11.8 Å². The highest BCUT2D eigenvalue weighted by atomic mass is 32.2. The van der Waals surface area contributed by atoms with E-state index in [0.717, 1.165) is 51.6 Å². The Morgan fingerprint density at radius 3 is 2.57 bits per heavy atom. The van der Waals surface area contributed by atoms with E-state index in [1.54, 1.807) is 6.92 Å². The van der Waals surface area contributed by atoms with Crippen LogP contribution in [0.4, 0.5) is 4.39 Å². The van der Waals surface area contributed by atoms with Crippen molar-refractivity contribution >= 4 is 24.1 Å². The smallest absolute Gasteiger partial charge is 0.219 e. The molecule has 5 fully saturated rings. The molecule has 158 valence electrons. The molecule has 2 N–H and O–H groups in total. The SMILES string of the molecule is CC(=O)N1CCCCC1.O=CNC1NC23CCC4CC(F)CCC4C2(CC3)S1. The highest BCUT2D eigenvalue weighted by molar-refractivity contribution is 8.01. The molecule has 6 unspecified atom stereocenters. The summed E-state index contributed by atoms with van der Waals surface area (Å²) in [7, 11) is 0. The lowest BCUT2D eigenvalue weighted by atomic mass is 9.49. The van der Waals surface area contributed by atoms with Crippen molar-refractivity contribution < 1.29 is 14.0 Å².